The van der Waals surface area contributed by atoms with Crippen LogP contribution in [0.1, 0.15) is 46.3 Å². The fourth-order valence-corrected chi connectivity index (χ4v) is 3.53. The molecular formula is C21H20Cl2N2O4. The maximum atomic E-state index is 12.3. The van der Waals surface area contributed by atoms with Crippen LogP contribution in [0.25, 0.3) is 0 Å². The highest BCUT2D eigenvalue weighted by molar-refractivity contribution is 6.37. The number of anilines is 1. The third kappa shape index (κ3) is 5.34. The molecule has 0 atom stereocenters. The van der Waals surface area contributed by atoms with Crippen LogP contribution in [0.15, 0.2) is 24.4 Å². The summed E-state index contributed by atoms with van der Waals surface area (Å²) in [5.41, 5.74) is 3.69. The number of pyridine rings is 1. The van der Waals surface area contributed by atoms with Gasteiger partial charge in [-0.25, -0.2) is 4.98 Å². The first-order chi connectivity index (χ1) is 13.8. The number of esters is 1. The average Bonchev–Trinajstić information content (AvgIpc) is 3.18. The second-order valence-electron chi connectivity index (χ2n) is 6.86. The molecular weight excluding hydrogens is 415 g/mol. The van der Waals surface area contributed by atoms with Crippen molar-refractivity contribution in [3.8, 4) is 0 Å². The number of nitrogens with zero attached hydrogens (tertiary/aromatic N) is 1. The highest BCUT2D eigenvalue weighted by Gasteiger charge is 2.16. The van der Waals surface area contributed by atoms with Gasteiger partial charge in [-0.15, -0.1) is 0 Å². The molecule has 0 fully saturated rings. The first kappa shape index (κ1) is 21.3. The van der Waals surface area contributed by atoms with Crippen LogP contribution in [-0.2, 0) is 27.2 Å². The number of aromatic nitrogens is 1. The van der Waals surface area contributed by atoms with Crippen LogP contribution >= 0.6 is 23.2 Å². The Morgan fingerprint density at radius 2 is 1.90 bits per heavy atom. The number of carbonyl (C=O) groups excluding carboxylic acids is 3. The Kier molecular flexibility index (Phi) is 6.87. The average molecular weight is 435 g/mol. The van der Waals surface area contributed by atoms with Gasteiger partial charge in [-0.3, -0.25) is 14.4 Å². The Morgan fingerprint density at radius 3 is 2.69 bits per heavy atom. The van der Waals surface area contributed by atoms with Crippen LogP contribution in [0.3, 0.4) is 0 Å². The molecule has 0 radical (unpaired) electrons. The Balaban J connectivity index is 1.44. The molecule has 152 valence electrons. The van der Waals surface area contributed by atoms with Crippen molar-refractivity contribution < 1.29 is 19.1 Å². The predicted molar refractivity (Wildman–Crippen MR) is 111 cm³/mol. The third-order valence-electron chi connectivity index (χ3n) is 4.80. The standard InChI is InChI=1S/C21H20Cl2N2O4/c1-12-16(22)10-24-21(20(12)23)25-18(27)11-29-19(28)8-7-17(26)15-6-5-13-3-2-4-14(13)9-15/h5-6,9-10H,2-4,7-8,11H2,1H3,(H,24,25,27). The summed E-state index contributed by atoms with van der Waals surface area (Å²) >= 11 is 12.0. The summed E-state index contributed by atoms with van der Waals surface area (Å²) in [5.74, 6) is -1.18. The third-order valence-corrected chi connectivity index (χ3v) is 5.64. The van der Waals surface area contributed by atoms with Gasteiger partial charge in [0.15, 0.2) is 18.2 Å². The van der Waals surface area contributed by atoms with Gasteiger partial charge in [-0.2, -0.15) is 0 Å². The summed E-state index contributed by atoms with van der Waals surface area (Å²) in [5, 5.41) is 3.06. The van der Waals surface area contributed by atoms with E-state index in [-0.39, 0.29) is 29.5 Å². The van der Waals surface area contributed by atoms with Crippen molar-refractivity contribution in [1.82, 2.24) is 4.98 Å². The molecule has 0 saturated heterocycles. The molecule has 0 unspecified atom stereocenters. The number of amides is 1. The van der Waals surface area contributed by atoms with E-state index >= 15 is 0 Å². The van der Waals surface area contributed by atoms with Gasteiger partial charge in [0.05, 0.1) is 16.5 Å². The Morgan fingerprint density at radius 1 is 1.14 bits per heavy atom. The van der Waals surface area contributed by atoms with Crippen LogP contribution in [0.2, 0.25) is 10.0 Å². The van der Waals surface area contributed by atoms with Gasteiger partial charge >= 0.3 is 5.97 Å². The molecule has 3 rings (SSSR count). The lowest BCUT2D eigenvalue weighted by molar-refractivity contribution is -0.147. The molecule has 1 aliphatic carbocycles. The van der Waals surface area contributed by atoms with Gasteiger partial charge in [-0.05, 0) is 48.9 Å². The number of rotatable bonds is 7. The van der Waals surface area contributed by atoms with E-state index in [9.17, 15) is 14.4 Å². The van der Waals surface area contributed by atoms with Crippen LogP contribution < -0.4 is 5.32 Å². The van der Waals surface area contributed by atoms with Gasteiger partial charge in [0, 0.05) is 18.2 Å². The summed E-state index contributed by atoms with van der Waals surface area (Å²) in [6.07, 6.45) is 4.45. The number of aryl methyl sites for hydroxylation is 2. The lowest BCUT2D eigenvalue weighted by Crippen LogP contribution is -2.22. The van der Waals surface area contributed by atoms with Gasteiger partial charge in [-0.1, -0.05) is 35.3 Å². The molecule has 0 aliphatic heterocycles. The van der Waals surface area contributed by atoms with Gasteiger partial charge in [0.2, 0.25) is 0 Å². The minimum atomic E-state index is -0.624. The number of nitrogens with one attached hydrogen (secondary N) is 1. The fourth-order valence-electron chi connectivity index (χ4n) is 3.14. The first-order valence-electron chi connectivity index (χ1n) is 9.26. The summed E-state index contributed by atoms with van der Waals surface area (Å²) in [6, 6.07) is 5.69. The number of ketones is 1. The normalized spacial score (nSPS) is 12.4. The number of benzene rings is 1. The SMILES string of the molecule is Cc1c(Cl)cnc(NC(=O)COC(=O)CCC(=O)c2ccc3c(c2)CCC3)c1Cl. The number of carbonyl (C=O) groups is 3. The fraction of sp³-hybridized carbons (Fsp3) is 0.333. The van der Waals surface area contributed by atoms with Crippen molar-refractivity contribution in [2.75, 3.05) is 11.9 Å². The Labute approximate surface area is 178 Å². The molecule has 0 spiro atoms. The topological polar surface area (TPSA) is 85.4 Å². The zero-order valence-electron chi connectivity index (χ0n) is 15.9. The largest absolute Gasteiger partial charge is 0.456 e. The maximum Gasteiger partial charge on any atom is 0.306 e. The van der Waals surface area contributed by atoms with Crippen molar-refractivity contribution in [3.63, 3.8) is 0 Å². The lowest BCUT2D eigenvalue weighted by atomic mass is 10.0. The number of hydrogen-bond donors (Lipinski definition) is 1. The van der Waals surface area contributed by atoms with Crippen LogP contribution in [-0.4, -0.2) is 29.3 Å². The number of fused-ring (bicyclic) bond motifs is 1. The Bertz CT molecular complexity index is 975. The quantitative estimate of drug-likeness (QED) is 0.517. The molecule has 29 heavy (non-hydrogen) atoms. The number of hydrogen-bond acceptors (Lipinski definition) is 5. The van der Waals surface area contributed by atoms with Crippen LogP contribution in [0, 0.1) is 6.92 Å². The van der Waals surface area contributed by atoms with Gasteiger partial charge in [0.1, 0.15) is 0 Å². The van der Waals surface area contributed by atoms with Crippen LogP contribution in [0.4, 0.5) is 5.82 Å². The zero-order valence-corrected chi connectivity index (χ0v) is 17.4. The van der Waals surface area contributed by atoms with Gasteiger partial charge in [0.25, 0.3) is 5.91 Å². The van der Waals surface area contributed by atoms with E-state index in [0.29, 0.717) is 16.1 Å². The molecule has 0 saturated carbocycles. The molecule has 1 heterocycles. The van der Waals surface area contributed by atoms with E-state index in [1.807, 2.05) is 12.1 Å². The number of ether oxygens (including phenoxy) is 1. The second-order valence-corrected chi connectivity index (χ2v) is 7.65. The van der Waals surface area contributed by atoms with E-state index in [2.05, 4.69) is 10.3 Å². The van der Waals surface area contributed by atoms with E-state index < -0.39 is 18.5 Å². The Hall–Kier alpha value is -2.44. The van der Waals surface area contributed by atoms with Gasteiger partial charge < -0.3 is 10.1 Å². The van der Waals surface area contributed by atoms with Crippen molar-refractivity contribution in [1.29, 1.82) is 0 Å². The maximum absolute atomic E-state index is 12.3. The molecule has 1 aromatic heterocycles. The highest BCUT2D eigenvalue weighted by Crippen LogP contribution is 2.28. The molecule has 2 aromatic rings. The molecule has 8 heteroatoms. The van der Waals surface area contributed by atoms with E-state index in [1.54, 1.807) is 13.0 Å². The number of halogens is 2. The van der Waals surface area contributed by atoms with Crippen LogP contribution in [0.5, 0.6) is 0 Å². The first-order valence-corrected chi connectivity index (χ1v) is 10.0. The molecule has 1 N–H and O–H groups in total. The van der Waals surface area contributed by atoms with Crippen molar-refractivity contribution in [2.45, 2.75) is 39.0 Å². The van der Waals surface area contributed by atoms with E-state index in [4.69, 9.17) is 27.9 Å². The predicted octanol–water partition coefficient (Wildman–Crippen LogP) is 4.33. The smallest absolute Gasteiger partial charge is 0.306 e. The summed E-state index contributed by atoms with van der Waals surface area (Å²) < 4.78 is 4.93. The van der Waals surface area contributed by atoms with Crippen molar-refractivity contribution in [3.05, 3.63) is 56.7 Å². The molecule has 0 bridgehead atoms. The van der Waals surface area contributed by atoms with Crippen molar-refractivity contribution >= 4 is 46.7 Å². The monoisotopic (exact) mass is 434 g/mol. The molecule has 1 aliphatic rings. The second kappa shape index (κ2) is 9.37. The number of Topliss-reactive ketones (excluding diaryl/α,β-unsaturated/α-hetero) is 1. The van der Waals surface area contributed by atoms with E-state index in [1.165, 1.54) is 17.3 Å². The minimum absolute atomic E-state index is 0.0308. The molecule has 1 aromatic carbocycles. The lowest BCUT2D eigenvalue weighted by Gasteiger charge is -2.09. The highest BCUT2D eigenvalue weighted by atomic mass is 35.5. The zero-order chi connectivity index (χ0) is 21.0. The summed E-state index contributed by atoms with van der Waals surface area (Å²) in [6.45, 7) is 1.20. The summed E-state index contributed by atoms with van der Waals surface area (Å²) in [7, 11) is 0. The molecule has 1 amide bonds. The minimum Gasteiger partial charge on any atom is -0.456 e. The summed E-state index contributed by atoms with van der Waals surface area (Å²) in [4.78, 5) is 40.1. The van der Waals surface area contributed by atoms with E-state index in [0.717, 1.165) is 19.3 Å². The van der Waals surface area contributed by atoms with Crippen molar-refractivity contribution in [2.24, 2.45) is 0 Å². The molecule has 6 nitrogen and oxygen atoms in total.